The number of amides is 1. The van der Waals surface area contributed by atoms with E-state index in [1.165, 1.54) is 0 Å². The molecule has 2 unspecified atom stereocenters. The van der Waals surface area contributed by atoms with Crippen molar-refractivity contribution in [2.24, 2.45) is 5.92 Å². The van der Waals surface area contributed by atoms with Crippen molar-refractivity contribution in [3.63, 3.8) is 0 Å². The maximum Gasteiger partial charge on any atom is 0.326 e. The van der Waals surface area contributed by atoms with E-state index >= 15 is 0 Å². The van der Waals surface area contributed by atoms with E-state index in [0.29, 0.717) is 6.42 Å². The maximum absolute atomic E-state index is 11.9. The summed E-state index contributed by atoms with van der Waals surface area (Å²) < 4.78 is 0. The first-order valence-electron chi connectivity index (χ1n) is 8.20. The lowest BCUT2D eigenvalue weighted by Crippen LogP contribution is -2.45. The number of carbonyl (C=O) groups excluding carboxylic acids is 1. The number of carboxylic acids is 1. The van der Waals surface area contributed by atoms with Crippen LogP contribution in [0.1, 0.15) is 59.8 Å². The molecule has 0 fully saturated rings. The zero-order valence-electron chi connectivity index (χ0n) is 14.0. The van der Waals surface area contributed by atoms with Crippen molar-refractivity contribution in [3.8, 4) is 0 Å². The van der Waals surface area contributed by atoms with Crippen LogP contribution in [0.5, 0.6) is 0 Å². The normalized spacial score (nSPS) is 14.0. The number of hydrogen-bond donors (Lipinski definition) is 2. The van der Waals surface area contributed by atoms with E-state index in [-0.39, 0.29) is 11.8 Å². The van der Waals surface area contributed by atoms with Gasteiger partial charge in [-0.25, -0.2) is 4.79 Å². The van der Waals surface area contributed by atoms with Crippen molar-refractivity contribution in [3.05, 3.63) is 0 Å². The Morgan fingerprint density at radius 1 is 1.10 bits per heavy atom. The number of nitrogens with zero attached hydrogens (tertiary/aromatic N) is 1. The molecule has 0 aromatic heterocycles. The fourth-order valence-corrected chi connectivity index (χ4v) is 2.36. The second kappa shape index (κ2) is 11.5. The quantitative estimate of drug-likeness (QED) is 0.581. The third kappa shape index (κ3) is 8.71. The van der Waals surface area contributed by atoms with Crippen LogP contribution < -0.4 is 5.32 Å². The molecule has 0 radical (unpaired) electrons. The predicted octanol–water partition coefficient (Wildman–Crippen LogP) is 2.50. The second-order valence-corrected chi connectivity index (χ2v) is 5.71. The van der Waals surface area contributed by atoms with E-state index in [1.54, 1.807) is 0 Å². The van der Waals surface area contributed by atoms with Crippen LogP contribution in [-0.4, -0.2) is 47.6 Å². The summed E-state index contributed by atoms with van der Waals surface area (Å²) in [6, 6.07) is -0.773. The van der Waals surface area contributed by atoms with E-state index in [0.717, 1.165) is 45.3 Å². The number of hydrogen-bond acceptors (Lipinski definition) is 3. The molecule has 1 amide bonds. The molecule has 0 rings (SSSR count). The molecule has 2 atom stereocenters. The highest BCUT2D eigenvalue weighted by atomic mass is 16.4. The molecule has 0 aliphatic rings. The minimum absolute atomic E-state index is 0.0527. The number of aliphatic carboxylic acids is 1. The van der Waals surface area contributed by atoms with Gasteiger partial charge in [-0.15, -0.1) is 0 Å². The van der Waals surface area contributed by atoms with Gasteiger partial charge in [0.15, 0.2) is 0 Å². The Labute approximate surface area is 129 Å². The summed E-state index contributed by atoms with van der Waals surface area (Å²) in [4.78, 5) is 25.4. The lowest BCUT2D eigenvalue weighted by molar-refractivity contribution is -0.143. The van der Waals surface area contributed by atoms with Crippen molar-refractivity contribution in [2.45, 2.75) is 65.8 Å². The third-order valence-corrected chi connectivity index (χ3v) is 3.75. The zero-order chi connectivity index (χ0) is 16.3. The summed E-state index contributed by atoms with van der Waals surface area (Å²) in [6.45, 7) is 11.1. The van der Waals surface area contributed by atoms with E-state index in [9.17, 15) is 9.59 Å². The minimum atomic E-state index is -0.948. The summed E-state index contributed by atoms with van der Waals surface area (Å²) in [6.07, 6.45) is 4.13. The third-order valence-electron chi connectivity index (χ3n) is 3.75. The van der Waals surface area contributed by atoms with Gasteiger partial charge in [0.25, 0.3) is 0 Å². The lowest BCUT2D eigenvalue weighted by atomic mass is 9.99. The minimum Gasteiger partial charge on any atom is -0.480 e. The molecule has 0 saturated carbocycles. The molecule has 0 bridgehead atoms. The summed E-state index contributed by atoms with van der Waals surface area (Å²) in [5.41, 5.74) is 0. The standard InChI is InChI=1S/C16H32N2O3/c1-5-10-18(11-6-2)12-8-9-14(19)17-15(16(20)21)13(4)7-3/h13,15H,5-12H2,1-4H3,(H,17,19)(H,20,21). The first kappa shape index (κ1) is 19.9. The van der Waals surface area contributed by atoms with Gasteiger partial charge in [0.05, 0.1) is 0 Å². The smallest absolute Gasteiger partial charge is 0.326 e. The van der Waals surface area contributed by atoms with Crippen molar-refractivity contribution in [2.75, 3.05) is 19.6 Å². The summed E-state index contributed by atoms with van der Waals surface area (Å²) in [5, 5.41) is 11.8. The molecule has 2 N–H and O–H groups in total. The van der Waals surface area contributed by atoms with E-state index < -0.39 is 12.0 Å². The van der Waals surface area contributed by atoms with E-state index in [4.69, 9.17) is 5.11 Å². The molecule has 124 valence electrons. The number of carbonyl (C=O) groups is 2. The molecule has 0 spiro atoms. The average molecular weight is 300 g/mol. The summed E-state index contributed by atoms with van der Waals surface area (Å²) >= 11 is 0. The van der Waals surface area contributed by atoms with Crippen LogP contribution in [0.15, 0.2) is 0 Å². The molecule has 0 aliphatic heterocycles. The van der Waals surface area contributed by atoms with Gasteiger partial charge in [0.1, 0.15) is 6.04 Å². The topological polar surface area (TPSA) is 69.6 Å². The van der Waals surface area contributed by atoms with Crippen LogP contribution in [0.2, 0.25) is 0 Å². The van der Waals surface area contributed by atoms with Crippen molar-refractivity contribution < 1.29 is 14.7 Å². The summed E-state index contributed by atoms with van der Waals surface area (Å²) in [5.74, 6) is -1.16. The summed E-state index contributed by atoms with van der Waals surface area (Å²) in [7, 11) is 0. The number of carboxylic acid groups (broad SMARTS) is 1. The fraction of sp³-hybridized carbons (Fsp3) is 0.875. The molecule has 5 heteroatoms. The zero-order valence-corrected chi connectivity index (χ0v) is 14.0. The van der Waals surface area contributed by atoms with Gasteiger partial charge in [-0.2, -0.15) is 0 Å². The SMILES string of the molecule is CCCN(CCC)CCCC(=O)NC(C(=O)O)C(C)CC. The lowest BCUT2D eigenvalue weighted by Gasteiger charge is -2.22. The fourth-order valence-electron chi connectivity index (χ4n) is 2.36. The highest BCUT2D eigenvalue weighted by molar-refractivity contribution is 5.83. The Kier molecular flexibility index (Phi) is 10.9. The number of rotatable bonds is 12. The van der Waals surface area contributed by atoms with Gasteiger partial charge in [-0.1, -0.05) is 34.1 Å². The highest BCUT2D eigenvalue weighted by Crippen LogP contribution is 2.08. The van der Waals surface area contributed by atoms with E-state index in [2.05, 4.69) is 24.1 Å². The Morgan fingerprint density at radius 2 is 1.67 bits per heavy atom. The van der Waals surface area contributed by atoms with Crippen LogP contribution in [0.4, 0.5) is 0 Å². The Morgan fingerprint density at radius 3 is 2.10 bits per heavy atom. The monoisotopic (exact) mass is 300 g/mol. The molecule has 0 aromatic rings. The van der Waals surface area contributed by atoms with Crippen molar-refractivity contribution >= 4 is 11.9 Å². The van der Waals surface area contributed by atoms with Gasteiger partial charge in [-0.05, 0) is 44.8 Å². The van der Waals surface area contributed by atoms with Crippen LogP contribution in [0.25, 0.3) is 0 Å². The van der Waals surface area contributed by atoms with Gasteiger partial charge in [-0.3, -0.25) is 4.79 Å². The van der Waals surface area contributed by atoms with Crippen LogP contribution in [-0.2, 0) is 9.59 Å². The second-order valence-electron chi connectivity index (χ2n) is 5.71. The van der Waals surface area contributed by atoms with Gasteiger partial charge >= 0.3 is 5.97 Å². The first-order valence-corrected chi connectivity index (χ1v) is 8.20. The Hall–Kier alpha value is -1.10. The molecular weight excluding hydrogens is 268 g/mol. The molecule has 0 saturated heterocycles. The molecule has 21 heavy (non-hydrogen) atoms. The van der Waals surface area contributed by atoms with E-state index in [1.807, 2.05) is 13.8 Å². The Bertz CT molecular complexity index is 302. The molecular formula is C16H32N2O3. The molecule has 0 aliphatic carbocycles. The van der Waals surface area contributed by atoms with Crippen molar-refractivity contribution in [1.29, 1.82) is 0 Å². The van der Waals surface area contributed by atoms with Crippen LogP contribution in [0, 0.1) is 5.92 Å². The van der Waals surface area contributed by atoms with Crippen molar-refractivity contribution in [1.82, 2.24) is 10.2 Å². The molecule has 5 nitrogen and oxygen atoms in total. The largest absolute Gasteiger partial charge is 0.480 e. The average Bonchev–Trinajstić information content (AvgIpc) is 2.44. The maximum atomic E-state index is 11.9. The predicted molar refractivity (Wildman–Crippen MR) is 85.3 cm³/mol. The first-order chi connectivity index (χ1) is 9.96. The molecule has 0 heterocycles. The highest BCUT2D eigenvalue weighted by Gasteiger charge is 2.24. The number of nitrogens with one attached hydrogen (secondary N) is 1. The van der Waals surface area contributed by atoms with Gasteiger partial charge in [0, 0.05) is 6.42 Å². The van der Waals surface area contributed by atoms with Gasteiger partial charge < -0.3 is 15.3 Å². The van der Waals surface area contributed by atoms with Gasteiger partial charge in [0.2, 0.25) is 5.91 Å². The van der Waals surface area contributed by atoms with Crippen LogP contribution in [0.3, 0.4) is 0 Å². The Balaban J connectivity index is 4.15. The molecule has 0 aromatic carbocycles. The van der Waals surface area contributed by atoms with Crippen LogP contribution >= 0.6 is 0 Å².